The molecule has 162 valence electrons. The van der Waals surface area contributed by atoms with Crippen molar-refractivity contribution in [2.45, 2.75) is 6.92 Å². The minimum atomic E-state index is -1.15. The number of ether oxygens (including phenoxy) is 2. The van der Waals surface area contributed by atoms with Crippen molar-refractivity contribution >= 4 is 28.6 Å². The summed E-state index contributed by atoms with van der Waals surface area (Å²) >= 11 is 0. The number of furan rings is 1. The second kappa shape index (κ2) is 9.03. The molecule has 1 atom stereocenters. The van der Waals surface area contributed by atoms with Gasteiger partial charge in [0.2, 0.25) is 0 Å². The molecule has 0 aliphatic rings. The lowest BCUT2D eigenvalue weighted by molar-refractivity contribution is -0.991. The number of hydrogen-bond donors (Lipinski definition) is 2. The van der Waals surface area contributed by atoms with E-state index in [4.69, 9.17) is 19.1 Å². The van der Waals surface area contributed by atoms with Gasteiger partial charge in [0.05, 0.1) is 12.2 Å². The Balaban J connectivity index is 1.73. The Morgan fingerprint density at radius 1 is 1.00 bits per heavy atom. The third-order valence-corrected chi connectivity index (χ3v) is 4.73. The lowest BCUT2D eigenvalue weighted by atomic mass is 10.1. The van der Waals surface area contributed by atoms with Crippen LogP contribution in [0.3, 0.4) is 0 Å². The Hall–Kier alpha value is -3.98. The monoisotopic (exact) mass is 433 g/mol. The second-order valence-corrected chi connectivity index (χ2v) is 6.83. The van der Waals surface area contributed by atoms with E-state index in [0.717, 1.165) is 0 Å². The Bertz CT molecular complexity index is 1280. The zero-order valence-electron chi connectivity index (χ0n) is 17.0. The summed E-state index contributed by atoms with van der Waals surface area (Å²) in [6.07, 6.45) is 0. The third kappa shape index (κ3) is 4.23. The molecule has 0 radical (unpaired) electrons. The molecule has 3 aromatic carbocycles. The van der Waals surface area contributed by atoms with E-state index in [0.29, 0.717) is 22.3 Å². The normalized spacial score (nSPS) is 11.8. The first-order valence-electron chi connectivity index (χ1n) is 9.82. The van der Waals surface area contributed by atoms with Crippen molar-refractivity contribution in [3.63, 3.8) is 0 Å². The molecule has 32 heavy (non-hydrogen) atoms. The predicted molar refractivity (Wildman–Crippen MR) is 115 cm³/mol. The largest absolute Gasteiger partial charge is 0.595 e. The Morgan fingerprint density at radius 3 is 2.50 bits per heavy atom. The molecule has 0 amide bonds. The van der Waals surface area contributed by atoms with Gasteiger partial charge in [-0.25, -0.2) is 14.8 Å². The van der Waals surface area contributed by atoms with Crippen LogP contribution in [0.4, 0.5) is 5.69 Å². The molecule has 8 nitrogen and oxygen atoms in total. The van der Waals surface area contributed by atoms with Gasteiger partial charge in [-0.2, -0.15) is 5.23 Å². The van der Waals surface area contributed by atoms with E-state index in [1.807, 2.05) is 30.3 Å². The lowest BCUT2D eigenvalue weighted by Crippen LogP contribution is -2.99. The lowest BCUT2D eigenvalue weighted by Gasteiger charge is -2.12. The van der Waals surface area contributed by atoms with Crippen LogP contribution in [0.1, 0.15) is 27.6 Å². The predicted octanol–water partition coefficient (Wildman–Crippen LogP) is 3.90. The van der Waals surface area contributed by atoms with Gasteiger partial charge in [-0.3, -0.25) is 0 Å². The number of rotatable bonds is 6. The molecule has 1 heterocycles. The number of nitrogens with one attached hydrogen (secondary N) is 1. The van der Waals surface area contributed by atoms with E-state index in [1.165, 1.54) is 36.4 Å². The van der Waals surface area contributed by atoms with Crippen LogP contribution >= 0.6 is 0 Å². The highest BCUT2D eigenvalue weighted by Crippen LogP contribution is 2.36. The molecule has 4 aromatic rings. The van der Waals surface area contributed by atoms with Gasteiger partial charge in [-0.15, -0.1) is 0 Å². The van der Waals surface area contributed by atoms with Crippen LogP contribution in [0.25, 0.3) is 22.3 Å². The molecular formula is C24H19NO7. The van der Waals surface area contributed by atoms with Gasteiger partial charge in [-0.1, -0.05) is 36.4 Å². The summed E-state index contributed by atoms with van der Waals surface area (Å²) in [7, 11) is 0. The van der Waals surface area contributed by atoms with E-state index in [9.17, 15) is 14.8 Å². The van der Waals surface area contributed by atoms with Crippen LogP contribution in [0, 0.1) is 5.21 Å². The Kier molecular flexibility index (Phi) is 6.00. The zero-order chi connectivity index (χ0) is 22.7. The highest BCUT2D eigenvalue weighted by Gasteiger charge is 2.24. The molecule has 0 saturated carbocycles. The molecule has 0 bridgehead atoms. The van der Waals surface area contributed by atoms with E-state index in [2.05, 4.69) is 0 Å². The van der Waals surface area contributed by atoms with Crippen molar-refractivity contribution < 1.29 is 33.9 Å². The fourth-order valence-corrected chi connectivity index (χ4v) is 3.28. The summed E-state index contributed by atoms with van der Waals surface area (Å²) in [5, 5.41) is 19.6. The number of carbonyl (C=O) groups is 2. The molecule has 0 saturated heterocycles. The van der Waals surface area contributed by atoms with Gasteiger partial charge in [-0.05, 0) is 31.2 Å². The maximum atomic E-state index is 12.7. The minimum Gasteiger partial charge on any atom is -0.595 e. The van der Waals surface area contributed by atoms with Crippen molar-refractivity contribution in [1.82, 2.24) is 0 Å². The van der Waals surface area contributed by atoms with Gasteiger partial charge in [0.15, 0.2) is 5.69 Å². The highest BCUT2D eigenvalue weighted by molar-refractivity contribution is 6.09. The average molecular weight is 433 g/mol. The number of fused-ring (bicyclic) bond motifs is 1. The number of esters is 2. The summed E-state index contributed by atoms with van der Waals surface area (Å²) < 4.78 is 16.6. The maximum absolute atomic E-state index is 12.7. The van der Waals surface area contributed by atoms with Gasteiger partial charge in [0, 0.05) is 23.1 Å². The van der Waals surface area contributed by atoms with Gasteiger partial charge in [0.1, 0.15) is 22.7 Å². The summed E-state index contributed by atoms with van der Waals surface area (Å²) in [5.74, 6) is -0.745. The molecule has 0 aliphatic heterocycles. The second-order valence-electron chi connectivity index (χ2n) is 6.83. The quantitative estimate of drug-likeness (QED) is 0.269. The maximum Gasteiger partial charge on any atom is 0.343 e. The zero-order valence-corrected chi connectivity index (χ0v) is 17.0. The number of benzene rings is 3. The van der Waals surface area contributed by atoms with Crippen LogP contribution in [0.5, 0.6) is 5.75 Å². The summed E-state index contributed by atoms with van der Waals surface area (Å²) in [4.78, 5) is 25.3. The topological polar surface area (TPSA) is 113 Å². The average Bonchev–Trinajstić information content (AvgIpc) is 3.19. The van der Waals surface area contributed by atoms with Gasteiger partial charge in [0.25, 0.3) is 0 Å². The first kappa shape index (κ1) is 21.3. The van der Waals surface area contributed by atoms with Crippen molar-refractivity contribution in [2.75, 3.05) is 6.61 Å². The fourth-order valence-electron chi connectivity index (χ4n) is 3.28. The Labute approximate surface area is 182 Å². The molecule has 1 unspecified atom stereocenters. The van der Waals surface area contributed by atoms with Crippen LogP contribution in [-0.4, -0.2) is 23.8 Å². The van der Waals surface area contributed by atoms with Crippen molar-refractivity contribution in [3.8, 4) is 17.1 Å². The van der Waals surface area contributed by atoms with E-state index < -0.39 is 17.2 Å². The van der Waals surface area contributed by atoms with Crippen LogP contribution in [0.2, 0.25) is 0 Å². The SMILES string of the molecule is CCOC(=O)c1c(-c2ccccc2)oc2ccc(OC(=O)c3cccc([NH+]([O-])O)c3)cc12. The fraction of sp³-hybridized carbons (Fsp3) is 0.0833. The van der Waals surface area contributed by atoms with Crippen LogP contribution < -0.4 is 9.96 Å². The molecule has 0 aliphatic carbocycles. The van der Waals surface area contributed by atoms with E-state index in [-0.39, 0.29) is 29.2 Å². The third-order valence-electron chi connectivity index (χ3n) is 4.73. The molecule has 8 heteroatoms. The van der Waals surface area contributed by atoms with Gasteiger partial charge < -0.3 is 19.1 Å². The van der Waals surface area contributed by atoms with Crippen molar-refractivity contribution in [2.24, 2.45) is 0 Å². The van der Waals surface area contributed by atoms with E-state index in [1.54, 1.807) is 13.0 Å². The van der Waals surface area contributed by atoms with E-state index >= 15 is 0 Å². The van der Waals surface area contributed by atoms with Crippen LogP contribution in [-0.2, 0) is 4.74 Å². The molecule has 4 rings (SSSR count). The summed E-state index contributed by atoms with van der Waals surface area (Å²) in [6, 6.07) is 19.3. The molecular weight excluding hydrogens is 414 g/mol. The molecule has 1 aromatic heterocycles. The smallest absolute Gasteiger partial charge is 0.343 e. The summed E-state index contributed by atoms with van der Waals surface area (Å²) in [6.45, 7) is 1.90. The first-order valence-corrected chi connectivity index (χ1v) is 9.82. The standard InChI is InChI=1S/C24H19NO7/c1-2-30-24(27)21-19-14-18(31-23(26)16-9-6-10-17(13-16)25(28)29)11-12-20(19)32-22(21)15-7-4-3-5-8-15/h3-14,25,28H,2H2,1H3. The number of quaternary nitrogens is 1. The number of carbonyl (C=O) groups excluding carboxylic acids is 2. The first-order chi connectivity index (χ1) is 15.5. The van der Waals surface area contributed by atoms with Gasteiger partial charge >= 0.3 is 11.9 Å². The van der Waals surface area contributed by atoms with Crippen molar-refractivity contribution in [1.29, 1.82) is 0 Å². The van der Waals surface area contributed by atoms with Crippen LogP contribution in [0.15, 0.2) is 77.2 Å². The molecule has 0 spiro atoms. The minimum absolute atomic E-state index is 0.0261. The molecule has 2 N–H and O–H groups in total. The summed E-state index contributed by atoms with van der Waals surface area (Å²) in [5.41, 5.74) is 1.43. The highest BCUT2D eigenvalue weighted by atomic mass is 16.8. The van der Waals surface area contributed by atoms with Crippen molar-refractivity contribution in [3.05, 3.63) is 89.1 Å². The molecule has 0 fully saturated rings. The number of hydrogen-bond acceptors (Lipinski definition) is 7. The Morgan fingerprint density at radius 2 is 1.78 bits per heavy atom.